The van der Waals surface area contributed by atoms with Gasteiger partial charge < -0.3 is 23.7 Å². The second-order valence-electron chi connectivity index (χ2n) is 7.16. The maximum atomic E-state index is 6.25. The van der Waals surface area contributed by atoms with Crippen molar-refractivity contribution in [1.29, 1.82) is 0 Å². The molecule has 0 aliphatic rings. The van der Waals surface area contributed by atoms with Crippen LogP contribution in [-0.2, 0) is 23.7 Å². The number of hydrogen-bond donors (Lipinski definition) is 0. The summed E-state index contributed by atoms with van der Waals surface area (Å²) >= 11 is 0. The summed E-state index contributed by atoms with van der Waals surface area (Å²) in [7, 11) is 0. The normalized spacial score (nSPS) is 14.5. The monoisotopic (exact) mass is 376 g/mol. The van der Waals surface area contributed by atoms with Crippen molar-refractivity contribution in [3.8, 4) is 0 Å². The highest BCUT2D eigenvalue weighted by molar-refractivity contribution is 4.81. The first-order chi connectivity index (χ1) is 12.6. The minimum atomic E-state index is -0.0958. The van der Waals surface area contributed by atoms with Crippen molar-refractivity contribution in [2.75, 3.05) is 66.1 Å². The molecule has 0 saturated carbocycles. The van der Waals surface area contributed by atoms with Crippen molar-refractivity contribution < 1.29 is 23.7 Å². The molecule has 0 rings (SSSR count). The van der Waals surface area contributed by atoms with Gasteiger partial charge in [0.15, 0.2) is 0 Å². The Kier molecular flexibility index (Phi) is 15.7. The number of rotatable bonds is 19. The zero-order valence-corrected chi connectivity index (χ0v) is 18.2. The first-order valence-corrected chi connectivity index (χ1v) is 10.5. The molecule has 0 amide bonds. The summed E-state index contributed by atoms with van der Waals surface area (Å²) in [4.78, 5) is 0. The fourth-order valence-electron chi connectivity index (χ4n) is 2.74. The molecule has 0 aromatic heterocycles. The molecule has 0 bridgehead atoms. The molecule has 0 heterocycles. The zero-order chi connectivity index (χ0) is 19.7. The van der Waals surface area contributed by atoms with E-state index < -0.39 is 0 Å². The zero-order valence-electron chi connectivity index (χ0n) is 18.2. The SMILES string of the molecule is CCCOCC(CC)(COCC)COCC(CC)(COCC)COCC. The van der Waals surface area contributed by atoms with Crippen molar-refractivity contribution in [3.63, 3.8) is 0 Å². The predicted molar refractivity (Wildman–Crippen MR) is 107 cm³/mol. The average Bonchev–Trinajstić information content (AvgIpc) is 2.67. The van der Waals surface area contributed by atoms with E-state index in [-0.39, 0.29) is 10.8 Å². The van der Waals surface area contributed by atoms with E-state index >= 15 is 0 Å². The Morgan fingerprint density at radius 3 is 1.12 bits per heavy atom. The van der Waals surface area contributed by atoms with Gasteiger partial charge in [-0.2, -0.15) is 0 Å². The van der Waals surface area contributed by atoms with Crippen molar-refractivity contribution in [3.05, 3.63) is 0 Å². The van der Waals surface area contributed by atoms with Crippen molar-refractivity contribution in [2.24, 2.45) is 10.8 Å². The second-order valence-corrected chi connectivity index (χ2v) is 7.16. The first-order valence-electron chi connectivity index (χ1n) is 10.5. The van der Waals surface area contributed by atoms with Gasteiger partial charge in [-0.1, -0.05) is 20.8 Å². The minimum Gasteiger partial charge on any atom is -0.381 e. The van der Waals surface area contributed by atoms with E-state index in [0.29, 0.717) is 59.5 Å². The summed E-state index contributed by atoms with van der Waals surface area (Å²) in [5.74, 6) is 0. The Morgan fingerprint density at radius 2 is 0.808 bits per heavy atom. The Morgan fingerprint density at radius 1 is 0.462 bits per heavy atom. The molecule has 26 heavy (non-hydrogen) atoms. The number of ether oxygens (including phenoxy) is 5. The van der Waals surface area contributed by atoms with Crippen LogP contribution in [0.1, 0.15) is 60.8 Å². The van der Waals surface area contributed by atoms with E-state index in [1.54, 1.807) is 0 Å². The molecule has 0 fully saturated rings. The molecule has 1 unspecified atom stereocenters. The van der Waals surface area contributed by atoms with Gasteiger partial charge in [-0.3, -0.25) is 0 Å². The summed E-state index contributed by atoms with van der Waals surface area (Å²) in [6.07, 6.45) is 2.95. The fourth-order valence-corrected chi connectivity index (χ4v) is 2.74. The lowest BCUT2D eigenvalue weighted by molar-refractivity contribution is -0.109. The highest BCUT2D eigenvalue weighted by Crippen LogP contribution is 2.28. The third-order valence-electron chi connectivity index (χ3n) is 4.91. The van der Waals surface area contributed by atoms with Gasteiger partial charge in [0.25, 0.3) is 0 Å². The third-order valence-corrected chi connectivity index (χ3v) is 4.91. The van der Waals surface area contributed by atoms with Crippen LogP contribution in [0.4, 0.5) is 0 Å². The molecule has 0 N–H and O–H groups in total. The van der Waals surface area contributed by atoms with Crippen LogP contribution in [0.15, 0.2) is 0 Å². The summed E-state index contributed by atoms with van der Waals surface area (Å²) in [6, 6.07) is 0. The first kappa shape index (κ1) is 25.8. The Labute approximate surface area is 162 Å². The molecule has 5 heteroatoms. The van der Waals surface area contributed by atoms with E-state index in [2.05, 4.69) is 20.8 Å². The van der Waals surface area contributed by atoms with Crippen LogP contribution in [0.25, 0.3) is 0 Å². The summed E-state index contributed by atoms with van der Waals surface area (Å²) < 4.78 is 29.3. The van der Waals surface area contributed by atoms with Crippen LogP contribution in [0.3, 0.4) is 0 Å². The van der Waals surface area contributed by atoms with E-state index in [9.17, 15) is 0 Å². The van der Waals surface area contributed by atoms with Gasteiger partial charge >= 0.3 is 0 Å². The highest BCUT2D eigenvalue weighted by atomic mass is 16.5. The van der Waals surface area contributed by atoms with E-state index in [4.69, 9.17) is 23.7 Å². The summed E-state index contributed by atoms with van der Waals surface area (Å²) in [5, 5.41) is 0. The predicted octanol–water partition coefficient (Wildman–Crippen LogP) is 4.33. The molecule has 0 spiro atoms. The Hall–Kier alpha value is -0.200. The largest absolute Gasteiger partial charge is 0.381 e. The molecule has 0 saturated heterocycles. The van der Waals surface area contributed by atoms with Gasteiger partial charge in [0.2, 0.25) is 0 Å². The Balaban J connectivity index is 4.85. The molecular weight excluding hydrogens is 332 g/mol. The van der Waals surface area contributed by atoms with Crippen LogP contribution >= 0.6 is 0 Å². The van der Waals surface area contributed by atoms with Crippen molar-refractivity contribution >= 4 is 0 Å². The van der Waals surface area contributed by atoms with E-state index in [1.165, 1.54) is 0 Å². The van der Waals surface area contributed by atoms with Crippen LogP contribution in [0.5, 0.6) is 0 Å². The average molecular weight is 377 g/mol. The van der Waals surface area contributed by atoms with Gasteiger partial charge in [0.1, 0.15) is 0 Å². The summed E-state index contributed by atoms with van der Waals surface area (Å²) in [6.45, 7) is 19.4. The van der Waals surface area contributed by atoms with E-state index in [0.717, 1.165) is 25.9 Å². The van der Waals surface area contributed by atoms with Crippen LogP contribution in [0.2, 0.25) is 0 Å². The van der Waals surface area contributed by atoms with Gasteiger partial charge in [0.05, 0.1) is 39.6 Å². The quantitative estimate of drug-likeness (QED) is 0.314. The van der Waals surface area contributed by atoms with Gasteiger partial charge in [0, 0.05) is 37.3 Å². The lowest BCUT2D eigenvalue weighted by Crippen LogP contribution is -2.41. The number of hydrogen-bond acceptors (Lipinski definition) is 5. The van der Waals surface area contributed by atoms with Crippen LogP contribution in [-0.4, -0.2) is 66.1 Å². The van der Waals surface area contributed by atoms with E-state index in [1.807, 2.05) is 20.8 Å². The third kappa shape index (κ3) is 10.2. The molecule has 0 aromatic carbocycles. The van der Waals surface area contributed by atoms with Crippen molar-refractivity contribution in [2.45, 2.75) is 60.8 Å². The highest BCUT2D eigenvalue weighted by Gasteiger charge is 2.33. The van der Waals surface area contributed by atoms with Crippen LogP contribution < -0.4 is 0 Å². The van der Waals surface area contributed by atoms with Gasteiger partial charge in [-0.15, -0.1) is 0 Å². The second kappa shape index (κ2) is 15.8. The van der Waals surface area contributed by atoms with Crippen LogP contribution in [0, 0.1) is 10.8 Å². The minimum absolute atomic E-state index is 0.0953. The maximum absolute atomic E-state index is 6.25. The molecule has 0 radical (unpaired) electrons. The Bertz CT molecular complexity index is 303. The standard InChI is InChI=1S/C21H44O5/c1-7-13-25-17-21(9-3,16-24-12-6)19-26-18-20(8-2,14-22-10-4)15-23-11-5/h7-19H2,1-6H3. The fraction of sp³-hybridized carbons (Fsp3) is 1.00. The molecule has 5 nitrogen and oxygen atoms in total. The maximum Gasteiger partial charge on any atom is 0.0566 e. The lowest BCUT2D eigenvalue weighted by Gasteiger charge is -2.36. The lowest BCUT2D eigenvalue weighted by atomic mass is 9.86. The van der Waals surface area contributed by atoms with Gasteiger partial charge in [-0.05, 0) is 40.0 Å². The van der Waals surface area contributed by atoms with Crippen molar-refractivity contribution in [1.82, 2.24) is 0 Å². The topological polar surface area (TPSA) is 46.2 Å². The summed E-state index contributed by atoms with van der Waals surface area (Å²) in [5.41, 5.74) is -0.191. The molecule has 0 aromatic rings. The molecule has 158 valence electrons. The van der Waals surface area contributed by atoms with Gasteiger partial charge in [-0.25, -0.2) is 0 Å². The molecule has 1 atom stereocenters. The smallest absolute Gasteiger partial charge is 0.0566 e. The molecule has 0 aliphatic heterocycles. The molecule has 0 aliphatic carbocycles. The molecular formula is C21H44O5.